The Balaban J connectivity index is 1.47. The zero-order valence-electron chi connectivity index (χ0n) is 17.1. The number of hydrogen-bond acceptors (Lipinski definition) is 4. The van der Waals surface area contributed by atoms with Gasteiger partial charge in [0.25, 0.3) is 0 Å². The number of rotatable bonds is 7. The van der Waals surface area contributed by atoms with Gasteiger partial charge in [0.15, 0.2) is 17.5 Å². The summed E-state index contributed by atoms with van der Waals surface area (Å²) in [7, 11) is 1.70. The zero-order chi connectivity index (χ0) is 19.3. The fraction of sp³-hybridized carbons (Fsp3) is 0.682. The highest BCUT2D eigenvalue weighted by Crippen LogP contribution is 2.36. The molecular formula is C22H33N3O3. The number of nitrogens with zero attached hydrogens (tertiary/aromatic N) is 1. The van der Waals surface area contributed by atoms with Crippen LogP contribution in [-0.2, 0) is 11.3 Å². The van der Waals surface area contributed by atoms with Crippen LogP contribution in [-0.4, -0.2) is 44.0 Å². The van der Waals surface area contributed by atoms with Crippen LogP contribution in [0.5, 0.6) is 11.5 Å². The molecule has 0 spiro atoms. The van der Waals surface area contributed by atoms with Gasteiger partial charge in [0.2, 0.25) is 0 Å². The van der Waals surface area contributed by atoms with E-state index in [9.17, 15) is 0 Å². The average molecular weight is 388 g/mol. The Bertz CT molecular complexity index is 688. The molecule has 154 valence electrons. The fourth-order valence-electron chi connectivity index (χ4n) is 4.60. The van der Waals surface area contributed by atoms with E-state index in [2.05, 4.69) is 23.6 Å². The summed E-state index contributed by atoms with van der Waals surface area (Å²) in [6.07, 6.45) is 9.19. The molecule has 3 aliphatic rings. The van der Waals surface area contributed by atoms with Gasteiger partial charge in [-0.05, 0) is 57.9 Å². The molecule has 1 aromatic carbocycles. The molecule has 6 heteroatoms. The first-order valence-corrected chi connectivity index (χ1v) is 10.8. The van der Waals surface area contributed by atoms with Crippen LogP contribution >= 0.6 is 0 Å². The van der Waals surface area contributed by atoms with Crippen molar-refractivity contribution in [3.63, 3.8) is 0 Å². The van der Waals surface area contributed by atoms with Crippen molar-refractivity contribution in [3.8, 4) is 11.5 Å². The molecule has 1 aromatic rings. The number of guanidine groups is 1. The molecular weight excluding hydrogens is 354 g/mol. The Morgan fingerprint density at radius 2 is 2.07 bits per heavy atom. The van der Waals surface area contributed by atoms with E-state index in [1.807, 2.05) is 12.1 Å². The Morgan fingerprint density at radius 3 is 2.75 bits per heavy atom. The third kappa shape index (κ3) is 4.37. The van der Waals surface area contributed by atoms with E-state index >= 15 is 0 Å². The van der Waals surface area contributed by atoms with Crippen LogP contribution < -0.4 is 20.1 Å². The minimum Gasteiger partial charge on any atom is -0.493 e. The van der Waals surface area contributed by atoms with Crippen molar-refractivity contribution in [2.45, 2.75) is 82.8 Å². The van der Waals surface area contributed by atoms with Crippen LogP contribution in [0.2, 0.25) is 0 Å². The van der Waals surface area contributed by atoms with Crippen LogP contribution in [0.1, 0.15) is 57.4 Å². The summed E-state index contributed by atoms with van der Waals surface area (Å²) in [4.78, 5) is 4.84. The second-order valence-electron chi connectivity index (χ2n) is 8.03. The number of hydrogen-bond donors (Lipinski definition) is 2. The summed E-state index contributed by atoms with van der Waals surface area (Å²) in [5.41, 5.74) is 1.06. The molecule has 2 bridgehead atoms. The lowest BCUT2D eigenvalue weighted by atomic mass is 9.96. The molecule has 3 unspecified atom stereocenters. The number of benzene rings is 1. The first-order valence-electron chi connectivity index (χ1n) is 10.8. The first kappa shape index (κ1) is 19.4. The minimum absolute atomic E-state index is 0.288. The normalized spacial score (nSPS) is 27.2. The van der Waals surface area contributed by atoms with E-state index in [0.717, 1.165) is 55.3 Å². The maximum Gasteiger partial charge on any atom is 0.191 e. The summed E-state index contributed by atoms with van der Waals surface area (Å²) in [6, 6.07) is 6.42. The van der Waals surface area contributed by atoms with E-state index in [-0.39, 0.29) is 6.10 Å². The molecule has 0 amide bonds. The maximum atomic E-state index is 6.34. The molecule has 28 heavy (non-hydrogen) atoms. The van der Waals surface area contributed by atoms with E-state index in [1.165, 1.54) is 19.3 Å². The lowest BCUT2D eigenvalue weighted by molar-refractivity contribution is 0.0992. The average Bonchev–Trinajstić information content (AvgIpc) is 3.45. The molecule has 3 atom stereocenters. The topological polar surface area (TPSA) is 64.1 Å². The van der Waals surface area contributed by atoms with Gasteiger partial charge in [-0.15, -0.1) is 0 Å². The second-order valence-corrected chi connectivity index (χ2v) is 8.03. The predicted molar refractivity (Wildman–Crippen MR) is 110 cm³/mol. The molecule has 6 nitrogen and oxygen atoms in total. The molecule has 2 N–H and O–H groups in total. The summed E-state index contributed by atoms with van der Waals surface area (Å²) in [6.45, 7) is 3.47. The molecule has 0 radical (unpaired) electrons. The van der Waals surface area contributed by atoms with E-state index < -0.39 is 0 Å². The number of ether oxygens (including phenoxy) is 3. The predicted octanol–water partition coefficient (Wildman–Crippen LogP) is 3.39. The molecule has 3 fully saturated rings. The summed E-state index contributed by atoms with van der Waals surface area (Å²) >= 11 is 0. The van der Waals surface area contributed by atoms with Crippen molar-refractivity contribution in [3.05, 3.63) is 23.8 Å². The van der Waals surface area contributed by atoms with Gasteiger partial charge in [-0.1, -0.05) is 12.1 Å². The number of para-hydroxylation sites is 1. The Kier molecular flexibility index (Phi) is 6.25. The fourth-order valence-corrected chi connectivity index (χ4v) is 4.60. The first-order chi connectivity index (χ1) is 13.8. The van der Waals surface area contributed by atoms with E-state index in [4.69, 9.17) is 19.2 Å². The molecule has 2 aliphatic heterocycles. The number of fused-ring (bicyclic) bond motifs is 2. The van der Waals surface area contributed by atoms with Gasteiger partial charge in [0.05, 0.1) is 38.0 Å². The van der Waals surface area contributed by atoms with E-state index in [0.29, 0.717) is 24.8 Å². The highest BCUT2D eigenvalue weighted by Gasteiger charge is 2.41. The summed E-state index contributed by atoms with van der Waals surface area (Å²) < 4.78 is 17.9. The third-order valence-corrected chi connectivity index (χ3v) is 6.05. The van der Waals surface area contributed by atoms with Gasteiger partial charge in [-0.3, -0.25) is 0 Å². The SMILES string of the molecule is CCNC(=NCc1cccc(OC)c1OC1CCCC1)NC1CC2CCC1O2. The third-order valence-electron chi connectivity index (χ3n) is 6.05. The lowest BCUT2D eigenvalue weighted by Crippen LogP contribution is -2.47. The van der Waals surface area contributed by atoms with Crippen molar-refractivity contribution >= 4 is 5.96 Å². The molecule has 1 aliphatic carbocycles. The quantitative estimate of drug-likeness (QED) is 0.555. The molecule has 2 saturated heterocycles. The monoisotopic (exact) mass is 387 g/mol. The van der Waals surface area contributed by atoms with Gasteiger partial charge in [0, 0.05) is 12.1 Å². The summed E-state index contributed by atoms with van der Waals surface area (Å²) in [5, 5.41) is 6.95. The van der Waals surface area contributed by atoms with Crippen LogP contribution in [0, 0.1) is 0 Å². The van der Waals surface area contributed by atoms with Gasteiger partial charge in [-0.25, -0.2) is 4.99 Å². The van der Waals surface area contributed by atoms with Crippen molar-refractivity contribution in [2.75, 3.05) is 13.7 Å². The molecule has 2 heterocycles. The molecule has 1 saturated carbocycles. The largest absolute Gasteiger partial charge is 0.493 e. The van der Waals surface area contributed by atoms with Gasteiger partial charge in [0.1, 0.15) is 0 Å². The van der Waals surface area contributed by atoms with Gasteiger partial charge in [-0.2, -0.15) is 0 Å². The van der Waals surface area contributed by atoms with Crippen LogP contribution in [0.25, 0.3) is 0 Å². The van der Waals surface area contributed by atoms with Crippen molar-refractivity contribution in [1.82, 2.24) is 10.6 Å². The maximum absolute atomic E-state index is 6.34. The Labute approximate surface area is 168 Å². The minimum atomic E-state index is 0.288. The molecule has 4 rings (SSSR count). The smallest absolute Gasteiger partial charge is 0.191 e. The number of methoxy groups -OCH3 is 1. The zero-order valence-corrected chi connectivity index (χ0v) is 17.1. The Morgan fingerprint density at radius 1 is 1.21 bits per heavy atom. The van der Waals surface area contributed by atoms with Crippen LogP contribution in [0.4, 0.5) is 0 Å². The van der Waals surface area contributed by atoms with Gasteiger partial charge >= 0.3 is 0 Å². The second kappa shape index (κ2) is 9.03. The highest BCUT2D eigenvalue weighted by atomic mass is 16.5. The number of nitrogens with one attached hydrogen (secondary N) is 2. The summed E-state index contributed by atoms with van der Waals surface area (Å²) in [5.74, 6) is 2.48. The Hall–Kier alpha value is -1.95. The highest BCUT2D eigenvalue weighted by molar-refractivity contribution is 5.80. The lowest BCUT2D eigenvalue weighted by Gasteiger charge is -2.23. The van der Waals surface area contributed by atoms with Crippen LogP contribution in [0.15, 0.2) is 23.2 Å². The van der Waals surface area contributed by atoms with Gasteiger partial charge < -0.3 is 24.8 Å². The van der Waals surface area contributed by atoms with Crippen LogP contribution in [0.3, 0.4) is 0 Å². The number of aliphatic imine (C=N–C) groups is 1. The van der Waals surface area contributed by atoms with Crippen molar-refractivity contribution in [2.24, 2.45) is 4.99 Å². The standard InChI is InChI=1S/C22H33N3O3/c1-3-23-22(25-18-13-17-11-12-19(18)27-17)24-14-15-7-6-10-20(26-2)21(15)28-16-8-4-5-9-16/h6-7,10,16-19H,3-5,8-9,11-14H2,1-2H3,(H2,23,24,25). The van der Waals surface area contributed by atoms with Crippen molar-refractivity contribution in [1.29, 1.82) is 0 Å². The van der Waals surface area contributed by atoms with E-state index in [1.54, 1.807) is 7.11 Å². The molecule has 0 aromatic heterocycles. The van der Waals surface area contributed by atoms with Crippen molar-refractivity contribution < 1.29 is 14.2 Å².